The van der Waals surface area contributed by atoms with Crippen molar-refractivity contribution in [2.24, 2.45) is 11.3 Å². The topological polar surface area (TPSA) is 100 Å². The molecule has 1 aromatic rings. The van der Waals surface area contributed by atoms with Crippen LogP contribution in [0, 0.1) is 29.6 Å². The van der Waals surface area contributed by atoms with Crippen molar-refractivity contribution in [1.82, 2.24) is 9.88 Å². The summed E-state index contributed by atoms with van der Waals surface area (Å²) in [5, 5.41) is 11.4. The Morgan fingerprint density at radius 2 is 2.00 bits per heavy atom. The number of nitriles is 1. The summed E-state index contributed by atoms with van der Waals surface area (Å²) in [6.45, 7) is 7.98. The summed E-state index contributed by atoms with van der Waals surface area (Å²) >= 11 is 1.25. The van der Waals surface area contributed by atoms with Gasteiger partial charge in [-0.3, -0.25) is 14.4 Å². The van der Waals surface area contributed by atoms with Gasteiger partial charge in [-0.15, -0.1) is 11.3 Å². The van der Waals surface area contributed by atoms with Crippen LogP contribution in [0.5, 0.6) is 0 Å². The lowest BCUT2D eigenvalue weighted by atomic mass is 9.91. The Morgan fingerprint density at radius 1 is 1.37 bits per heavy atom. The molecule has 8 heteroatoms. The number of hydrogen-bond donors (Lipinski definition) is 0. The smallest absolute Gasteiger partial charge is 0.309 e. The molecule has 1 fully saturated rings. The quantitative estimate of drug-likeness (QED) is 0.715. The molecule has 0 N–H and O–H groups in total. The highest BCUT2D eigenvalue weighted by Gasteiger charge is 2.33. The molecule has 2 rings (SSSR count). The highest BCUT2D eigenvalue weighted by Crippen LogP contribution is 2.25. The Kier molecular flexibility index (Phi) is 6.71. The molecule has 0 aromatic carbocycles. The van der Waals surface area contributed by atoms with Crippen molar-refractivity contribution in [2.45, 2.75) is 46.5 Å². The second kappa shape index (κ2) is 8.61. The van der Waals surface area contributed by atoms with Gasteiger partial charge in [-0.2, -0.15) is 5.26 Å². The minimum Gasteiger partial charge on any atom is -0.457 e. The van der Waals surface area contributed by atoms with Crippen LogP contribution < -0.4 is 0 Å². The van der Waals surface area contributed by atoms with Crippen LogP contribution in [0.25, 0.3) is 0 Å². The molecule has 7 nitrogen and oxygen atoms in total. The Balaban J connectivity index is 1.83. The van der Waals surface area contributed by atoms with E-state index in [9.17, 15) is 19.6 Å². The van der Waals surface area contributed by atoms with Crippen LogP contribution in [0.15, 0.2) is 5.38 Å². The number of esters is 1. The molecule has 1 aliphatic heterocycles. The molecule has 0 saturated carbocycles. The molecule has 1 amide bonds. The van der Waals surface area contributed by atoms with Crippen LogP contribution in [-0.4, -0.2) is 47.2 Å². The van der Waals surface area contributed by atoms with E-state index in [0.29, 0.717) is 30.9 Å². The Labute approximate surface area is 163 Å². The first kappa shape index (κ1) is 21.0. The van der Waals surface area contributed by atoms with Crippen molar-refractivity contribution in [2.75, 3.05) is 19.7 Å². The SMILES string of the molecule is Cc1csc([C@H](C#N)C(=O)COC(=O)C2CCN(C(=O)C(C)(C)C)CC2)n1. The van der Waals surface area contributed by atoms with Crippen LogP contribution in [0.3, 0.4) is 0 Å². The van der Waals surface area contributed by atoms with Crippen LogP contribution in [0.4, 0.5) is 0 Å². The lowest BCUT2D eigenvalue weighted by molar-refractivity contribution is -0.155. The van der Waals surface area contributed by atoms with Crippen LogP contribution in [-0.2, 0) is 19.1 Å². The third kappa shape index (κ3) is 5.36. The van der Waals surface area contributed by atoms with E-state index in [1.807, 2.05) is 26.8 Å². The second-order valence-electron chi connectivity index (χ2n) is 7.78. The number of rotatable bonds is 5. The molecule has 0 aliphatic carbocycles. The van der Waals surface area contributed by atoms with Gasteiger partial charge in [0.2, 0.25) is 5.91 Å². The first-order chi connectivity index (χ1) is 12.6. The van der Waals surface area contributed by atoms with E-state index >= 15 is 0 Å². The number of aryl methyl sites for hydroxylation is 1. The third-order valence-electron chi connectivity index (χ3n) is 4.45. The summed E-state index contributed by atoms with van der Waals surface area (Å²) in [6, 6.07) is 1.93. The number of ketones is 1. The van der Waals surface area contributed by atoms with Crippen molar-refractivity contribution in [3.05, 3.63) is 16.1 Å². The van der Waals surface area contributed by atoms with Gasteiger partial charge < -0.3 is 9.64 Å². The van der Waals surface area contributed by atoms with Crippen LogP contribution in [0.2, 0.25) is 0 Å². The summed E-state index contributed by atoms with van der Waals surface area (Å²) < 4.78 is 5.15. The van der Waals surface area contributed by atoms with E-state index in [4.69, 9.17) is 4.74 Å². The van der Waals surface area contributed by atoms with Crippen molar-refractivity contribution >= 4 is 29.0 Å². The van der Waals surface area contributed by atoms with Gasteiger partial charge in [0.15, 0.2) is 18.3 Å². The number of carbonyl (C=O) groups excluding carboxylic acids is 3. The number of likely N-dealkylation sites (tertiary alicyclic amines) is 1. The molecule has 0 bridgehead atoms. The molecule has 1 saturated heterocycles. The molecular weight excluding hydrogens is 366 g/mol. The van der Waals surface area contributed by atoms with Gasteiger partial charge in [0, 0.05) is 29.6 Å². The van der Waals surface area contributed by atoms with E-state index in [-0.39, 0.29) is 11.8 Å². The van der Waals surface area contributed by atoms with Gasteiger partial charge in [-0.25, -0.2) is 4.98 Å². The van der Waals surface area contributed by atoms with E-state index in [0.717, 1.165) is 5.69 Å². The Morgan fingerprint density at radius 3 is 2.48 bits per heavy atom. The zero-order valence-corrected chi connectivity index (χ0v) is 17.0. The number of Topliss-reactive ketones (excluding diaryl/α,β-unsaturated/α-hetero) is 1. The second-order valence-corrected chi connectivity index (χ2v) is 8.67. The Bertz CT molecular complexity index is 752. The molecule has 0 unspecified atom stereocenters. The van der Waals surface area contributed by atoms with Crippen LogP contribution >= 0.6 is 11.3 Å². The van der Waals surface area contributed by atoms with Crippen molar-refractivity contribution in [1.29, 1.82) is 5.26 Å². The summed E-state index contributed by atoms with van der Waals surface area (Å²) in [5.74, 6) is -2.19. The van der Waals surface area contributed by atoms with Crippen molar-refractivity contribution in [3.63, 3.8) is 0 Å². The summed E-state index contributed by atoms with van der Waals surface area (Å²) in [6.07, 6.45) is 1.03. The standard InChI is InChI=1S/C19H25N3O4S/c1-12-11-27-16(21-12)14(9-20)15(23)10-26-17(24)13-5-7-22(8-6-13)18(25)19(2,3)4/h11,13-14H,5-8,10H2,1-4H3/t14-/m1/s1. The third-order valence-corrected chi connectivity index (χ3v) is 5.48. The molecule has 0 radical (unpaired) electrons. The zero-order chi connectivity index (χ0) is 20.2. The lowest BCUT2D eigenvalue weighted by Gasteiger charge is -2.34. The lowest BCUT2D eigenvalue weighted by Crippen LogP contribution is -2.45. The molecular formula is C19H25N3O4S. The van der Waals surface area contributed by atoms with Gasteiger partial charge in [0.25, 0.3) is 0 Å². The summed E-state index contributed by atoms with van der Waals surface area (Å²) in [4.78, 5) is 42.7. The van der Waals surface area contributed by atoms with Gasteiger partial charge in [0.05, 0.1) is 12.0 Å². The first-order valence-corrected chi connectivity index (χ1v) is 9.81. The number of aromatic nitrogens is 1. The molecule has 0 spiro atoms. The van der Waals surface area contributed by atoms with Gasteiger partial charge in [-0.05, 0) is 19.8 Å². The fourth-order valence-electron chi connectivity index (χ4n) is 2.91. The highest BCUT2D eigenvalue weighted by atomic mass is 32.1. The molecule has 1 aliphatic rings. The molecule has 2 heterocycles. The average molecular weight is 391 g/mol. The van der Waals surface area contributed by atoms with Gasteiger partial charge in [-0.1, -0.05) is 20.8 Å². The van der Waals surface area contributed by atoms with Crippen molar-refractivity contribution in [3.8, 4) is 6.07 Å². The predicted octanol–water partition coefficient (Wildman–Crippen LogP) is 2.46. The average Bonchev–Trinajstić information content (AvgIpc) is 3.05. The largest absolute Gasteiger partial charge is 0.457 e. The number of carbonyl (C=O) groups is 3. The molecule has 1 aromatic heterocycles. The van der Waals surface area contributed by atoms with E-state index in [2.05, 4.69) is 4.98 Å². The number of amides is 1. The minimum atomic E-state index is -1.01. The van der Waals surface area contributed by atoms with Crippen LogP contribution in [0.1, 0.15) is 50.2 Å². The molecule has 146 valence electrons. The maximum Gasteiger partial charge on any atom is 0.309 e. The monoisotopic (exact) mass is 391 g/mol. The van der Waals surface area contributed by atoms with Crippen molar-refractivity contribution < 1.29 is 19.1 Å². The highest BCUT2D eigenvalue weighted by molar-refractivity contribution is 7.09. The number of ether oxygens (including phenoxy) is 1. The fourth-order valence-corrected chi connectivity index (χ4v) is 3.77. The minimum absolute atomic E-state index is 0.0695. The predicted molar refractivity (Wildman–Crippen MR) is 99.9 cm³/mol. The first-order valence-electron chi connectivity index (χ1n) is 8.94. The number of piperidine rings is 1. The maximum atomic E-state index is 12.3. The zero-order valence-electron chi connectivity index (χ0n) is 16.2. The van der Waals surface area contributed by atoms with E-state index in [1.54, 1.807) is 17.2 Å². The maximum absolute atomic E-state index is 12.3. The number of thiazole rings is 1. The molecule has 27 heavy (non-hydrogen) atoms. The Hall–Kier alpha value is -2.27. The summed E-state index contributed by atoms with van der Waals surface area (Å²) in [5.41, 5.74) is 0.303. The molecule has 1 atom stereocenters. The van der Waals surface area contributed by atoms with Gasteiger partial charge >= 0.3 is 5.97 Å². The summed E-state index contributed by atoms with van der Waals surface area (Å²) in [7, 11) is 0. The van der Waals surface area contributed by atoms with Gasteiger partial charge in [0.1, 0.15) is 5.01 Å². The number of nitrogens with zero attached hydrogens (tertiary/aromatic N) is 3. The normalized spacial score (nSPS) is 16.5. The number of hydrogen-bond acceptors (Lipinski definition) is 7. The fraction of sp³-hybridized carbons (Fsp3) is 0.632. The van der Waals surface area contributed by atoms with E-state index < -0.39 is 29.7 Å². The van der Waals surface area contributed by atoms with E-state index in [1.165, 1.54) is 11.3 Å².